The first-order valence-electron chi connectivity index (χ1n) is 8.20. The monoisotopic (exact) mass is 333 g/mol. The second-order valence-electron chi connectivity index (χ2n) is 5.53. The molecule has 0 atom stereocenters. The lowest BCUT2D eigenvalue weighted by Gasteiger charge is -2.18. The SMILES string of the molecule is CCOc1cccc(C=NNC(=O)C(=O)N2CCCCCC2)c1O. The Kier molecular flexibility index (Phi) is 6.60. The van der Waals surface area contributed by atoms with Crippen molar-refractivity contribution in [1.29, 1.82) is 0 Å². The Labute approximate surface area is 141 Å². The van der Waals surface area contributed by atoms with E-state index in [0.29, 0.717) is 31.0 Å². The molecule has 130 valence electrons. The van der Waals surface area contributed by atoms with Crippen molar-refractivity contribution in [3.8, 4) is 11.5 Å². The Morgan fingerprint density at radius 3 is 2.67 bits per heavy atom. The maximum absolute atomic E-state index is 12.1. The number of carbonyl (C=O) groups excluding carboxylic acids is 2. The number of phenolic OH excluding ortho intramolecular Hbond substituents is 1. The van der Waals surface area contributed by atoms with Gasteiger partial charge < -0.3 is 14.7 Å². The molecule has 2 amide bonds. The Hall–Kier alpha value is -2.57. The van der Waals surface area contributed by atoms with E-state index in [1.165, 1.54) is 6.21 Å². The van der Waals surface area contributed by atoms with E-state index in [2.05, 4.69) is 10.5 Å². The summed E-state index contributed by atoms with van der Waals surface area (Å²) in [7, 11) is 0. The Balaban J connectivity index is 1.94. The molecule has 2 rings (SSSR count). The normalized spacial score (nSPS) is 15.1. The van der Waals surface area contributed by atoms with E-state index >= 15 is 0 Å². The lowest BCUT2D eigenvalue weighted by atomic mass is 10.2. The van der Waals surface area contributed by atoms with Crippen LogP contribution in [0.15, 0.2) is 23.3 Å². The van der Waals surface area contributed by atoms with Crippen molar-refractivity contribution in [2.45, 2.75) is 32.6 Å². The second-order valence-corrected chi connectivity index (χ2v) is 5.53. The minimum absolute atomic E-state index is 0.0591. The van der Waals surface area contributed by atoms with Crippen LogP contribution in [0.3, 0.4) is 0 Å². The maximum Gasteiger partial charge on any atom is 0.329 e. The molecule has 1 aromatic rings. The molecule has 1 aliphatic heterocycles. The van der Waals surface area contributed by atoms with E-state index in [0.717, 1.165) is 25.7 Å². The third kappa shape index (κ3) is 4.71. The van der Waals surface area contributed by atoms with Gasteiger partial charge in [-0.05, 0) is 31.9 Å². The minimum atomic E-state index is -0.770. The molecular formula is C17H23N3O4. The summed E-state index contributed by atoms with van der Waals surface area (Å²) in [6.45, 7) is 3.45. The number of nitrogens with zero attached hydrogens (tertiary/aromatic N) is 2. The van der Waals surface area contributed by atoms with Gasteiger partial charge in [-0.1, -0.05) is 18.9 Å². The van der Waals surface area contributed by atoms with E-state index in [1.54, 1.807) is 23.1 Å². The summed E-state index contributed by atoms with van der Waals surface area (Å²) in [5.41, 5.74) is 2.61. The van der Waals surface area contributed by atoms with Gasteiger partial charge in [0.25, 0.3) is 0 Å². The number of hydrazone groups is 1. The lowest BCUT2D eigenvalue weighted by molar-refractivity contribution is -0.145. The van der Waals surface area contributed by atoms with Crippen molar-refractivity contribution in [2.75, 3.05) is 19.7 Å². The number of hydrogen-bond donors (Lipinski definition) is 2. The molecule has 2 N–H and O–H groups in total. The molecule has 1 aliphatic rings. The number of carbonyl (C=O) groups is 2. The third-order valence-corrected chi connectivity index (χ3v) is 3.79. The van der Waals surface area contributed by atoms with E-state index in [9.17, 15) is 14.7 Å². The van der Waals surface area contributed by atoms with Crippen LogP contribution in [-0.4, -0.2) is 47.7 Å². The topological polar surface area (TPSA) is 91.2 Å². The number of hydrogen-bond acceptors (Lipinski definition) is 5. The van der Waals surface area contributed by atoms with Gasteiger partial charge in [-0.25, -0.2) is 5.43 Å². The number of rotatable bonds is 4. The molecule has 0 radical (unpaired) electrons. The molecule has 1 fully saturated rings. The molecule has 24 heavy (non-hydrogen) atoms. The Bertz CT molecular complexity index is 608. The van der Waals surface area contributed by atoms with Gasteiger partial charge in [-0.3, -0.25) is 9.59 Å². The van der Waals surface area contributed by atoms with E-state index in [-0.39, 0.29) is 5.75 Å². The molecule has 1 aromatic carbocycles. The predicted octanol–water partition coefficient (Wildman–Crippen LogP) is 1.64. The highest BCUT2D eigenvalue weighted by Gasteiger charge is 2.22. The number of nitrogens with one attached hydrogen (secondary N) is 1. The smallest absolute Gasteiger partial charge is 0.329 e. The number of phenols is 1. The highest BCUT2D eigenvalue weighted by Crippen LogP contribution is 2.28. The predicted molar refractivity (Wildman–Crippen MR) is 90.1 cm³/mol. The van der Waals surface area contributed by atoms with Gasteiger partial charge in [0.05, 0.1) is 12.8 Å². The molecule has 0 bridgehead atoms. The largest absolute Gasteiger partial charge is 0.504 e. The summed E-state index contributed by atoms with van der Waals surface area (Å²) in [5, 5.41) is 13.8. The third-order valence-electron chi connectivity index (χ3n) is 3.79. The molecule has 1 heterocycles. The van der Waals surface area contributed by atoms with Crippen LogP contribution in [0.5, 0.6) is 11.5 Å². The molecule has 7 heteroatoms. The first kappa shape index (κ1) is 17.8. The van der Waals surface area contributed by atoms with Crippen molar-refractivity contribution in [1.82, 2.24) is 10.3 Å². The van der Waals surface area contributed by atoms with Crippen LogP contribution in [0.2, 0.25) is 0 Å². The van der Waals surface area contributed by atoms with Gasteiger partial charge in [-0.15, -0.1) is 0 Å². The zero-order valence-corrected chi connectivity index (χ0v) is 13.8. The van der Waals surface area contributed by atoms with Crippen LogP contribution in [0, 0.1) is 0 Å². The highest BCUT2D eigenvalue weighted by molar-refractivity contribution is 6.35. The van der Waals surface area contributed by atoms with Crippen LogP contribution in [0.25, 0.3) is 0 Å². The first-order chi connectivity index (χ1) is 11.6. The first-order valence-corrected chi connectivity index (χ1v) is 8.20. The van der Waals surface area contributed by atoms with E-state index in [1.807, 2.05) is 6.92 Å². The average molecular weight is 333 g/mol. The number of benzene rings is 1. The molecular weight excluding hydrogens is 310 g/mol. The van der Waals surface area contributed by atoms with Gasteiger partial charge in [-0.2, -0.15) is 5.10 Å². The van der Waals surface area contributed by atoms with Gasteiger partial charge in [0.1, 0.15) is 0 Å². The van der Waals surface area contributed by atoms with Crippen LogP contribution < -0.4 is 10.2 Å². The van der Waals surface area contributed by atoms with Crippen LogP contribution in [0.1, 0.15) is 38.2 Å². The number of aromatic hydroxyl groups is 1. The molecule has 7 nitrogen and oxygen atoms in total. The molecule has 0 aliphatic carbocycles. The van der Waals surface area contributed by atoms with Crippen LogP contribution in [-0.2, 0) is 9.59 Å². The van der Waals surface area contributed by atoms with Gasteiger partial charge in [0.2, 0.25) is 0 Å². The van der Waals surface area contributed by atoms with Gasteiger partial charge in [0, 0.05) is 18.7 Å². The zero-order chi connectivity index (χ0) is 17.4. The van der Waals surface area contributed by atoms with Crippen molar-refractivity contribution in [3.05, 3.63) is 23.8 Å². The summed E-state index contributed by atoms with van der Waals surface area (Å²) < 4.78 is 5.27. The molecule has 0 unspecified atom stereocenters. The number of ether oxygens (including phenoxy) is 1. The van der Waals surface area contributed by atoms with Crippen LogP contribution >= 0.6 is 0 Å². The molecule has 1 saturated heterocycles. The number of para-hydroxylation sites is 1. The highest BCUT2D eigenvalue weighted by atomic mass is 16.5. The molecule has 0 saturated carbocycles. The van der Waals surface area contributed by atoms with Crippen molar-refractivity contribution in [3.63, 3.8) is 0 Å². The summed E-state index contributed by atoms with van der Waals surface area (Å²) in [6, 6.07) is 4.97. The fourth-order valence-corrected chi connectivity index (χ4v) is 2.54. The van der Waals surface area contributed by atoms with Crippen molar-refractivity contribution < 1.29 is 19.4 Å². The standard InChI is InChI=1S/C17H23N3O4/c1-2-24-14-9-7-8-13(15(14)21)12-18-19-16(22)17(23)20-10-5-3-4-6-11-20/h7-9,12,21H,2-6,10-11H2,1H3,(H,19,22). The fourth-order valence-electron chi connectivity index (χ4n) is 2.54. The summed E-state index contributed by atoms with van der Waals surface area (Å²) in [5.74, 6) is -1.06. The Morgan fingerprint density at radius 2 is 2.00 bits per heavy atom. The summed E-state index contributed by atoms with van der Waals surface area (Å²) in [4.78, 5) is 25.5. The maximum atomic E-state index is 12.1. The molecule has 0 spiro atoms. The quantitative estimate of drug-likeness (QED) is 0.498. The van der Waals surface area contributed by atoms with Crippen LogP contribution in [0.4, 0.5) is 0 Å². The lowest BCUT2D eigenvalue weighted by Crippen LogP contribution is -2.41. The Morgan fingerprint density at radius 1 is 1.29 bits per heavy atom. The average Bonchev–Trinajstić information content (AvgIpc) is 2.87. The fraction of sp³-hybridized carbons (Fsp3) is 0.471. The summed E-state index contributed by atoms with van der Waals surface area (Å²) >= 11 is 0. The van der Waals surface area contributed by atoms with Crippen molar-refractivity contribution in [2.24, 2.45) is 5.10 Å². The summed E-state index contributed by atoms with van der Waals surface area (Å²) in [6.07, 6.45) is 5.28. The zero-order valence-electron chi connectivity index (χ0n) is 13.8. The van der Waals surface area contributed by atoms with Crippen molar-refractivity contribution >= 4 is 18.0 Å². The van der Waals surface area contributed by atoms with E-state index < -0.39 is 11.8 Å². The van der Waals surface area contributed by atoms with Gasteiger partial charge in [0.15, 0.2) is 11.5 Å². The minimum Gasteiger partial charge on any atom is -0.504 e. The number of likely N-dealkylation sites (tertiary alicyclic amines) is 1. The van der Waals surface area contributed by atoms with E-state index in [4.69, 9.17) is 4.74 Å². The number of amides is 2. The molecule has 0 aromatic heterocycles. The second kappa shape index (κ2) is 8.90. The van der Waals surface area contributed by atoms with Gasteiger partial charge >= 0.3 is 11.8 Å².